The molecule has 0 aliphatic carbocycles. The fourth-order valence-corrected chi connectivity index (χ4v) is 4.01. The molecule has 0 saturated heterocycles. The summed E-state index contributed by atoms with van der Waals surface area (Å²) < 4.78 is 11.5. The summed E-state index contributed by atoms with van der Waals surface area (Å²) in [6.45, 7) is 6.59. The second kappa shape index (κ2) is 12.7. The molecule has 3 aromatic carbocycles. The van der Waals surface area contributed by atoms with Crippen molar-refractivity contribution in [3.8, 4) is 11.5 Å². The number of hydrogen-bond acceptors (Lipinski definition) is 5. The average molecular weight is 479 g/mol. The second-order valence-electron chi connectivity index (χ2n) is 7.56. The van der Waals surface area contributed by atoms with Crippen molar-refractivity contribution >= 4 is 35.0 Å². The molecule has 0 saturated carbocycles. The first-order valence-corrected chi connectivity index (χ1v) is 12.4. The molecule has 0 atom stereocenters. The smallest absolute Gasteiger partial charge is 0.255 e. The van der Waals surface area contributed by atoms with E-state index in [0.29, 0.717) is 47.4 Å². The maximum Gasteiger partial charge on any atom is 0.255 e. The van der Waals surface area contributed by atoms with Crippen molar-refractivity contribution < 1.29 is 19.1 Å². The van der Waals surface area contributed by atoms with Gasteiger partial charge in [0.2, 0.25) is 5.91 Å². The van der Waals surface area contributed by atoms with Crippen LogP contribution in [0, 0.1) is 6.92 Å². The van der Waals surface area contributed by atoms with Gasteiger partial charge in [-0.3, -0.25) is 9.59 Å². The van der Waals surface area contributed by atoms with E-state index in [1.54, 1.807) is 48.2 Å². The van der Waals surface area contributed by atoms with Gasteiger partial charge in [-0.15, -0.1) is 11.8 Å². The molecule has 0 aliphatic rings. The number of carbonyl (C=O) groups is 2. The number of amides is 2. The molecule has 2 amide bonds. The lowest BCUT2D eigenvalue weighted by Crippen LogP contribution is -2.17. The number of nitrogens with one attached hydrogen (secondary N) is 2. The summed E-state index contributed by atoms with van der Waals surface area (Å²) in [4.78, 5) is 25.3. The first-order chi connectivity index (χ1) is 16.5. The molecule has 6 nitrogen and oxygen atoms in total. The summed E-state index contributed by atoms with van der Waals surface area (Å²) in [5.74, 6) is 1.58. The van der Waals surface area contributed by atoms with Crippen molar-refractivity contribution in [2.75, 3.05) is 29.6 Å². The Labute approximate surface area is 205 Å². The van der Waals surface area contributed by atoms with E-state index in [-0.39, 0.29) is 11.8 Å². The van der Waals surface area contributed by atoms with E-state index >= 15 is 0 Å². The van der Waals surface area contributed by atoms with Crippen LogP contribution in [0.1, 0.15) is 35.3 Å². The van der Waals surface area contributed by atoms with Gasteiger partial charge < -0.3 is 20.1 Å². The highest BCUT2D eigenvalue weighted by molar-refractivity contribution is 7.99. The number of ether oxygens (including phenoxy) is 2. The Hall–Kier alpha value is -3.45. The average Bonchev–Trinajstić information content (AvgIpc) is 2.83. The van der Waals surface area contributed by atoms with Crippen LogP contribution in [0.4, 0.5) is 11.4 Å². The molecule has 34 heavy (non-hydrogen) atoms. The van der Waals surface area contributed by atoms with Crippen molar-refractivity contribution in [3.05, 3.63) is 83.4 Å². The zero-order valence-electron chi connectivity index (χ0n) is 19.7. The monoisotopic (exact) mass is 478 g/mol. The lowest BCUT2D eigenvalue weighted by Gasteiger charge is -2.18. The zero-order chi connectivity index (χ0) is 24.3. The minimum Gasteiger partial charge on any atom is -0.492 e. The van der Waals surface area contributed by atoms with Gasteiger partial charge in [-0.05, 0) is 38.5 Å². The number of anilines is 2. The van der Waals surface area contributed by atoms with Gasteiger partial charge in [0.25, 0.3) is 5.91 Å². The third-order valence-electron chi connectivity index (χ3n) is 4.86. The van der Waals surface area contributed by atoms with Crippen LogP contribution in [-0.2, 0) is 10.5 Å². The third-order valence-corrected chi connectivity index (χ3v) is 5.87. The maximum atomic E-state index is 12.7. The Morgan fingerprint density at radius 2 is 1.41 bits per heavy atom. The summed E-state index contributed by atoms with van der Waals surface area (Å²) in [7, 11) is 0. The molecule has 0 aromatic heterocycles. The zero-order valence-corrected chi connectivity index (χ0v) is 20.5. The summed E-state index contributed by atoms with van der Waals surface area (Å²) >= 11 is 1.54. The first kappa shape index (κ1) is 25.2. The number of hydrogen-bond donors (Lipinski definition) is 2. The second-order valence-corrected chi connectivity index (χ2v) is 8.54. The number of thioether (sulfide) groups is 1. The van der Waals surface area contributed by atoms with Crippen LogP contribution in [0.3, 0.4) is 0 Å². The summed E-state index contributed by atoms with van der Waals surface area (Å²) in [6, 6.07) is 20.6. The molecule has 7 heteroatoms. The van der Waals surface area contributed by atoms with Gasteiger partial charge >= 0.3 is 0 Å². The quantitative estimate of drug-likeness (QED) is 0.358. The van der Waals surface area contributed by atoms with E-state index in [1.165, 1.54) is 11.1 Å². The first-order valence-electron chi connectivity index (χ1n) is 11.2. The van der Waals surface area contributed by atoms with Crippen molar-refractivity contribution in [2.24, 2.45) is 0 Å². The highest BCUT2D eigenvalue weighted by Crippen LogP contribution is 2.37. The van der Waals surface area contributed by atoms with Crippen molar-refractivity contribution in [1.29, 1.82) is 0 Å². The van der Waals surface area contributed by atoms with Crippen LogP contribution in [-0.4, -0.2) is 30.8 Å². The molecule has 0 unspecified atom stereocenters. The number of aryl methyl sites for hydroxylation is 1. The largest absolute Gasteiger partial charge is 0.492 e. The van der Waals surface area contributed by atoms with Gasteiger partial charge in [0.05, 0.1) is 30.3 Å². The summed E-state index contributed by atoms with van der Waals surface area (Å²) in [6.07, 6.45) is 0. The van der Waals surface area contributed by atoms with Crippen molar-refractivity contribution in [2.45, 2.75) is 26.5 Å². The fourth-order valence-electron chi connectivity index (χ4n) is 3.22. The molecule has 178 valence electrons. The Morgan fingerprint density at radius 3 is 2.00 bits per heavy atom. The van der Waals surface area contributed by atoms with Crippen molar-refractivity contribution in [3.63, 3.8) is 0 Å². The van der Waals surface area contributed by atoms with Gasteiger partial charge in [0, 0.05) is 23.4 Å². The molecule has 0 aliphatic heterocycles. The SMILES string of the molecule is CCOc1cc(NC(=O)c2ccccc2)c(OCC)cc1NC(=O)CSCc1ccc(C)cc1. The predicted octanol–water partition coefficient (Wildman–Crippen LogP) is 5.92. The standard InChI is InChI=1S/C27H30N2O4S/c1-4-32-24-16-23(29-27(31)21-9-7-6-8-10-21)25(33-5-2)15-22(24)28-26(30)18-34-17-20-13-11-19(3)12-14-20/h6-16H,4-5,17-18H2,1-3H3,(H,28,30)(H,29,31). The van der Waals surface area contributed by atoms with Crippen LogP contribution in [0.5, 0.6) is 11.5 Å². The lowest BCUT2D eigenvalue weighted by atomic mass is 10.2. The van der Waals surface area contributed by atoms with Crippen LogP contribution < -0.4 is 20.1 Å². The molecular formula is C27H30N2O4S. The molecule has 3 rings (SSSR count). The maximum absolute atomic E-state index is 12.7. The minimum absolute atomic E-state index is 0.137. The molecule has 0 fully saturated rings. The minimum atomic E-state index is -0.256. The molecular weight excluding hydrogens is 448 g/mol. The number of rotatable bonds is 11. The number of carbonyl (C=O) groups excluding carboxylic acids is 2. The molecule has 0 radical (unpaired) electrons. The summed E-state index contributed by atoms with van der Waals surface area (Å²) in [5.41, 5.74) is 3.90. The van der Waals surface area contributed by atoms with Crippen LogP contribution in [0.25, 0.3) is 0 Å². The predicted molar refractivity (Wildman–Crippen MR) is 139 cm³/mol. The van der Waals surface area contributed by atoms with E-state index < -0.39 is 0 Å². The topological polar surface area (TPSA) is 76.7 Å². The highest BCUT2D eigenvalue weighted by Gasteiger charge is 2.17. The fraction of sp³-hybridized carbons (Fsp3) is 0.259. The molecule has 0 bridgehead atoms. The Balaban J connectivity index is 1.72. The van der Waals surface area contributed by atoms with Crippen LogP contribution in [0.15, 0.2) is 66.7 Å². The normalized spacial score (nSPS) is 10.4. The van der Waals surface area contributed by atoms with E-state index in [9.17, 15) is 9.59 Å². The van der Waals surface area contributed by atoms with Gasteiger partial charge in [-0.1, -0.05) is 48.0 Å². The number of benzene rings is 3. The summed E-state index contributed by atoms with van der Waals surface area (Å²) in [5, 5.41) is 5.81. The molecule has 0 heterocycles. The van der Waals surface area contributed by atoms with Gasteiger partial charge in [0.15, 0.2) is 0 Å². The van der Waals surface area contributed by atoms with Gasteiger partial charge in [-0.25, -0.2) is 0 Å². The lowest BCUT2D eigenvalue weighted by molar-refractivity contribution is -0.113. The molecule has 0 spiro atoms. The van der Waals surface area contributed by atoms with Crippen molar-refractivity contribution in [1.82, 2.24) is 0 Å². The highest BCUT2D eigenvalue weighted by atomic mass is 32.2. The van der Waals surface area contributed by atoms with Gasteiger partial charge in [-0.2, -0.15) is 0 Å². The van der Waals surface area contributed by atoms with Crippen LogP contribution in [0.2, 0.25) is 0 Å². The molecule has 2 N–H and O–H groups in total. The van der Waals surface area contributed by atoms with E-state index in [0.717, 1.165) is 5.75 Å². The Bertz CT molecular complexity index is 1100. The van der Waals surface area contributed by atoms with E-state index in [4.69, 9.17) is 9.47 Å². The Kier molecular flexibility index (Phi) is 9.40. The van der Waals surface area contributed by atoms with E-state index in [2.05, 4.69) is 41.8 Å². The third kappa shape index (κ3) is 7.28. The van der Waals surface area contributed by atoms with Crippen LogP contribution >= 0.6 is 11.8 Å². The molecule has 3 aromatic rings. The van der Waals surface area contributed by atoms with Gasteiger partial charge in [0.1, 0.15) is 11.5 Å². The van der Waals surface area contributed by atoms with E-state index in [1.807, 2.05) is 19.9 Å². The Morgan fingerprint density at radius 1 is 0.824 bits per heavy atom.